The van der Waals surface area contributed by atoms with Crippen LogP contribution in [-0.4, -0.2) is 55.1 Å². The SMILES string of the molecule is CCCN(CCC)C(=O)c1cc(C)cc(C(=O)O[C@H](CNCCC(C)C)[C@@H](N)Cc2ccc(C)cc2)c1. The van der Waals surface area contributed by atoms with Gasteiger partial charge in [-0.3, -0.25) is 4.79 Å². The summed E-state index contributed by atoms with van der Waals surface area (Å²) >= 11 is 0. The Balaban J connectivity index is 2.21. The molecule has 0 fully saturated rings. The highest BCUT2D eigenvalue weighted by molar-refractivity contribution is 5.98. The van der Waals surface area contributed by atoms with Crippen molar-refractivity contribution in [2.45, 2.75) is 79.4 Å². The van der Waals surface area contributed by atoms with E-state index in [1.54, 1.807) is 12.1 Å². The quantitative estimate of drug-likeness (QED) is 0.251. The molecule has 2 aromatic carbocycles. The summed E-state index contributed by atoms with van der Waals surface area (Å²) < 4.78 is 6.00. The lowest BCUT2D eigenvalue weighted by atomic mass is 10.0. The van der Waals surface area contributed by atoms with Gasteiger partial charge in [0.25, 0.3) is 5.91 Å². The van der Waals surface area contributed by atoms with Crippen LogP contribution in [0.5, 0.6) is 0 Å². The number of rotatable bonds is 15. The molecule has 2 rings (SSSR count). The van der Waals surface area contributed by atoms with Gasteiger partial charge in [0.2, 0.25) is 0 Å². The lowest BCUT2D eigenvalue weighted by Gasteiger charge is -2.25. The van der Waals surface area contributed by atoms with Crippen molar-refractivity contribution in [1.29, 1.82) is 0 Å². The third-order valence-corrected chi connectivity index (χ3v) is 6.41. The number of hydrogen-bond donors (Lipinski definition) is 2. The number of benzene rings is 2. The molecular weight excluding hydrogens is 462 g/mol. The van der Waals surface area contributed by atoms with Gasteiger partial charge in [0, 0.05) is 31.2 Å². The molecule has 0 saturated carbocycles. The van der Waals surface area contributed by atoms with Crippen LogP contribution in [0.4, 0.5) is 0 Å². The van der Waals surface area contributed by atoms with Gasteiger partial charge in [0.05, 0.1) is 5.56 Å². The third-order valence-electron chi connectivity index (χ3n) is 6.41. The van der Waals surface area contributed by atoms with E-state index in [1.165, 1.54) is 5.56 Å². The molecule has 0 aromatic heterocycles. The summed E-state index contributed by atoms with van der Waals surface area (Å²) in [5.41, 5.74) is 10.6. The summed E-state index contributed by atoms with van der Waals surface area (Å²) in [4.78, 5) is 28.3. The Morgan fingerprint density at radius 3 is 2.16 bits per heavy atom. The van der Waals surface area contributed by atoms with Crippen molar-refractivity contribution >= 4 is 11.9 Å². The third kappa shape index (κ3) is 10.3. The molecule has 1 amide bonds. The van der Waals surface area contributed by atoms with Crippen LogP contribution >= 0.6 is 0 Å². The van der Waals surface area contributed by atoms with Crippen molar-refractivity contribution in [3.05, 3.63) is 70.3 Å². The molecule has 6 heteroatoms. The lowest BCUT2D eigenvalue weighted by molar-refractivity contribution is 0.0238. The minimum absolute atomic E-state index is 0.0515. The first-order valence-corrected chi connectivity index (χ1v) is 13.8. The molecule has 37 heavy (non-hydrogen) atoms. The number of carbonyl (C=O) groups excluding carboxylic acids is 2. The Bertz CT molecular complexity index is 982. The second-order valence-electron chi connectivity index (χ2n) is 10.6. The van der Waals surface area contributed by atoms with Gasteiger partial charge in [0.1, 0.15) is 6.10 Å². The summed E-state index contributed by atoms with van der Waals surface area (Å²) in [6.07, 6.45) is 2.90. The zero-order valence-corrected chi connectivity index (χ0v) is 23.7. The Kier molecular flexibility index (Phi) is 12.8. The molecule has 0 bridgehead atoms. The number of aryl methyl sites for hydroxylation is 2. The maximum absolute atomic E-state index is 13.3. The summed E-state index contributed by atoms with van der Waals surface area (Å²) in [7, 11) is 0. The summed E-state index contributed by atoms with van der Waals surface area (Å²) in [5, 5.41) is 3.42. The number of amides is 1. The fourth-order valence-corrected chi connectivity index (χ4v) is 4.31. The van der Waals surface area contributed by atoms with Crippen LogP contribution in [0.15, 0.2) is 42.5 Å². The second-order valence-corrected chi connectivity index (χ2v) is 10.6. The summed E-state index contributed by atoms with van der Waals surface area (Å²) in [6, 6.07) is 13.2. The predicted molar refractivity (Wildman–Crippen MR) is 152 cm³/mol. The van der Waals surface area contributed by atoms with Crippen molar-refractivity contribution in [2.75, 3.05) is 26.2 Å². The van der Waals surface area contributed by atoms with Gasteiger partial charge in [0.15, 0.2) is 0 Å². The monoisotopic (exact) mass is 509 g/mol. The van der Waals surface area contributed by atoms with Gasteiger partial charge >= 0.3 is 5.97 Å². The number of carbonyl (C=O) groups is 2. The number of hydrogen-bond acceptors (Lipinski definition) is 5. The molecule has 2 atom stereocenters. The molecule has 0 spiro atoms. The van der Waals surface area contributed by atoms with E-state index < -0.39 is 12.1 Å². The number of nitrogens with zero attached hydrogens (tertiary/aromatic N) is 1. The number of ether oxygens (including phenoxy) is 1. The first kappa shape index (κ1) is 30.5. The zero-order valence-electron chi connectivity index (χ0n) is 23.7. The molecule has 0 aliphatic rings. The van der Waals surface area contributed by atoms with Gasteiger partial charge < -0.3 is 20.7 Å². The predicted octanol–water partition coefficient (Wildman–Crippen LogP) is 5.30. The van der Waals surface area contributed by atoms with Gasteiger partial charge in [-0.05, 0) is 81.3 Å². The van der Waals surface area contributed by atoms with Gasteiger partial charge in [-0.2, -0.15) is 0 Å². The highest BCUT2D eigenvalue weighted by Gasteiger charge is 2.24. The number of esters is 1. The molecule has 3 N–H and O–H groups in total. The molecule has 6 nitrogen and oxygen atoms in total. The van der Waals surface area contributed by atoms with Crippen molar-refractivity contribution in [2.24, 2.45) is 11.7 Å². The maximum Gasteiger partial charge on any atom is 0.338 e. The molecule has 0 unspecified atom stereocenters. The zero-order chi connectivity index (χ0) is 27.4. The van der Waals surface area contributed by atoms with E-state index in [2.05, 4.69) is 64.2 Å². The second kappa shape index (κ2) is 15.5. The fraction of sp³-hybridized carbons (Fsp3) is 0.548. The maximum atomic E-state index is 13.3. The van der Waals surface area contributed by atoms with Crippen LogP contribution in [0, 0.1) is 19.8 Å². The molecule has 2 aromatic rings. The molecule has 0 radical (unpaired) electrons. The number of nitrogens with two attached hydrogens (primary N) is 1. The standard InChI is InChI=1S/C31H47N3O3/c1-7-15-34(16-8-2)30(35)26-17-24(6)18-27(20-26)31(36)37-29(21-33-14-13-22(3)4)28(32)19-25-11-9-23(5)10-12-25/h9-12,17-18,20,22,28-29,33H,7-8,13-16,19,21,32H2,1-6H3/t28-,29+/m0/s1. The topological polar surface area (TPSA) is 84.7 Å². The molecule has 0 aliphatic heterocycles. The van der Waals surface area contributed by atoms with Gasteiger partial charge in [-0.15, -0.1) is 0 Å². The Morgan fingerprint density at radius 2 is 1.57 bits per heavy atom. The minimum Gasteiger partial charge on any atom is -0.456 e. The summed E-state index contributed by atoms with van der Waals surface area (Å²) in [6.45, 7) is 15.1. The van der Waals surface area contributed by atoms with Crippen molar-refractivity contribution in [3.63, 3.8) is 0 Å². The Labute approximate surface area is 224 Å². The average molecular weight is 510 g/mol. The van der Waals surface area contributed by atoms with Gasteiger partial charge in [-0.25, -0.2) is 4.79 Å². The van der Waals surface area contributed by atoms with Crippen molar-refractivity contribution in [1.82, 2.24) is 10.2 Å². The lowest BCUT2D eigenvalue weighted by Crippen LogP contribution is -2.46. The Morgan fingerprint density at radius 1 is 0.946 bits per heavy atom. The smallest absolute Gasteiger partial charge is 0.338 e. The largest absolute Gasteiger partial charge is 0.456 e. The van der Waals surface area contributed by atoms with E-state index in [0.29, 0.717) is 43.1 Å². The number of nitrogens with one attached hydrogen (secondary N) is 1. The van der Waals surface area contributed by atoms with E-state index in [4.69, 9.17) is 10.5 Å². The average Bonchev–Trinajstić information content (AvgIpc) is 2.86. The molecular formula is C31H47N3O3. The van der Waals surface area contributed by atoms with E-state index in [0.717, 1.165) is 36.9 Å². The normalized spacial score (nSPS) is 12.9. The first-order chi connectivity index (χ1) is 17.6. The van der Waals surface area contributed by atoms with Crippen LogP contribution in [0.2, 0.25) is 0 Å². The fourth-order valence-electron chi connectivity index (χ4n) is 4.31. The minimum atomic E-state index is -0.502. The molecule has 0 aliphatic carbocycles. The molecule has 0 heterocycles. The van der Waals surface area contributed by atoms with Crippen LogP contribution in [0.25, 0.3) is 0 Å². The van der Waals surface area contributed by atoms with Crippen LogP contribution in [0.3, 0.4) is 0 Å². The highest BCUT2D eigenvalue weighted by Crippen LogP contribution is 2.16. The van der Waals surface area contributed by atoms with Crippen LogP contribution < -0.4 is 11.1 Å². The summed E-state index contributed by atoms with van der Waals surface area (Å²) in [5.74, 6) is 0.0766. The van der Waals surface area contributed by atoms with Crippen LogP contribution in [0.1, 0.15) is 84.4 Å². The Hall–Kier alpha value is -2.70. The highest BCUT2D eigenvalue weighted by atomic mass is 16.5. The first-order valence-electron chi connectivity index (χ1n) is 13.8. The van der Waals surface area contributed by atoms with E-state index in [1.807, 2.05) is 17.9 Å². The van der Waals surface area contributed by atoms with E-state index in [9.17, 15) is 9.59 Å². The van der Waals surface area contributed by atoms with Crippen molar-refractivity contribution in [3.8, 4) is 0 Å². The van der Waals surface area contributed by atoms with E-state index >= 15 is 0 Å². The molecule has 0 saturated heterocycles. The van der Waals surface area contributed by atoms with Crippen molar-refractivity contribution < 1.29 is 14.3 Å². The molecule has 204 valence electrons. The van der Waals surface area contributed by atoms with Gasteiger partial charge in [-0.1, -0.05) is 57.5 Å². The van der Waals surface area contributed by atoms with E-state index in [-0.39, 0.29) is 11.9 Å². The van der Waals surface area contributed by atoms with Crippen LogP contribution in [-0.2, 0) is 11.2 Å².